The van der Waals surface area contributed by atoms with Crippen LogP contribution in [0.3, 0.4) is 0 Å². The third kappa shape index (κ3) is 3.63. The largest absolute Gasteiger partial charge is 0.497 e. The molecule has 2 heterocycles. The number of hydrogen-bond acceptors (Lipinski definition) is 5. The van der Waals surface area contributed by atoms with E-state index in [0.717, 1.165) is 29.2 Å². The Kier molecular flexibility index (Phi) is 4.56. The van der Waals surface area contributed by atoms with Crippen molar-refractivity contribution in [2.45, 2.75) is 24.8 Å². The number of pyridine rings is 1. The van der Waals surface area contributed by atoms with Crippen LogP contribution in [0.2, 0.25) is 5.02 Å². The zero-order chi connectivity index (χ0) is 19.2. The van der Waals surface area contributed by atoms with E-state index in [9.17, 15) is 8.42 Å². The lowest BCUT2D eigenvalue weighted by Gasteiger charge is -2.45. The lowest BCUT2D eigenvalue weighted by Crippen LogP contribution is -2.47. The van der Waals surface area contributed by atoms with Gasteiger partial charge in [0.15, 0.2) is 0 Å². The fraction of sp³-hybridized carbons (Fsp3) is 0.421. The van der Waals surface area contributed by atoms with Crippen molar-refractivity contribution >= 4 is 27.5 Å². The van der Waals surface area contributed by atoms with E-state index >= 15 is 0 Å². The standard InChI is InChI=1S/C19H21ClN2O4S/c1-26-16-4-2-13(3-5-16)10-22-12-19(7-14(8-19)11-27(23,24)25)17-6-15(20)9-21-18(17)22/h2-6,9,14H,7-8,10-12H2,1H3,(H,23,24,25). The van der Waals surface area contributed by atoms with Gasteiger partial charge < -0.3 is 9.64 Å². The molecule has 1 spiro atoms. The summed E-state index contributed by atoms with van der Waals surface area (Å²) in [7, 11) is -2.31. The van der Waals surface area contributed by atoms with Gasteiger partial charge in [-0.3, -0.25) is 4.55 Å². The monoisotopic (exact) mass is 408 g/mol. The van der Waals surface area contributed by atoms with Gasteiger partial charge in [-0.05, 0) is 42.5 Å². The second-order valence-corrected chi connectivity index (χ2v) is 9.47. The number of benzene rings is 1. The maximum Gasteiger partial charge on any atom is 0.265 e. The van der Waals surface area contributed by atoms with Crippen LogP contribution >= 0.6 is 11.6 Å². The number of anilines is 1. The average molecular weight is 409 g/mol. The molecular formula is C19H21ClN2O4S. The van der Waals surface area contributed by atoms with Gasteiger partial charge in [-0.25, -0.2) is 4.98 Å². The van der Waals surface area contributed by atoms with Crippen LogP contribution in [0.15, 0.2) is 36.5 Å². The molecule has 0 unspecified atom stereocenters. The van der Waals surface area contributed by atoms with Crippen LogP contribution in [0, 0.1) is 5.92 Å². The highest BCUT2D eigenvalue weighted by Crippen LogP contribution is 2.55. The Morgan fingerprint density at radius 3 is 2.67 bits per heavy atom. The lowest BCUT2D eigenvalue weighted by atomic mass is 9.60. The van der Waals surface area contributed by atoms with Gasteiger partial charge in [0.2, 0.25) is 0 Å². The molecule has 0 atom stereocenters. The van der Waals surface area contributed by atoms with Crippen molar-refractivity contribution in [1.82, 2.24) is 4.98 Å². The first-order valence-corrected chi connectivity index (χ1v) is 10.8. The molecule has 2 aliphatic rings. The van der Waals surface area contributed by atoms with Crippen molar-refractivity contribution in [1.29, 1.82) is 0 Å². The molecule has 1 aromatic carbocycles. The minimum Gasteiger partial charge on any atom is -0.497 e. The summed E-state index contributed by atoms with van der Waals surface area (Å²) in [5, 5.41) is 0.581. The first-order valence-electron chi connectivity index (χ1n) is 8.77. The second-order valence-electron chi connectivity index (χ2n) is 7.53. The SMILES string of the molecule is COc1ccc(CN2CC3(CC(CS(=O)(=O)O)C3)c3cc(Cl)cnc32)cc1. The Hall–Kier alpha value is -1.83. The predicted molar refractivity (Wildman–Crippen MR) is 104 cm³/mol. The van der Waals surface area contributed by atoms with Crippen molar-refractivity contribution in [3.63, 3.8) is 0 Å². The van der Waals surface area contributed by atoms with Crippen molar-refractivity contribution in [3.8, 4) is 5.75 Å². The smallest absolute Gasteiger partial charge is 0.265 e. The Labute approximate surface area is 163 Å². The molecule has 0 saturated heterocycles. The molecule has 8 heteroatoms. The van der Waals surface area contributed by atoms with Crippen LogP contribution in [-0.2, 0) is 22.1 Å². The van der Waals surface area contributed by atoms with E-state index in [-0.39, 0.29) is 17.1 Å². The number of halogens is 1. The lowest BCUT2D eigenvalue weighted by molar-refractivity contribution is 0.172. The normalized spacial score (nSPS) is 24.0. The van der Waals surface area contributed by atoms with Crippen LogP contribution in [0.1, 0.15) is 24.0 Å². The van der Waals surface area contributed by atoms with Gasteiger partial charge in [0.1, 0.15) is 11.6 Å². The number of rotatable bonds is 5. The number of nitrogens with zero attached hydrogens (tertiary/aromatic N) is 2. The minimum atomic E-state index is -3.95. The first-order chi connectivity index (χ1) is 12.8. The molecule has 4 rings (SSSR count). The van der Waals surface area contributed by atoms with E-state index in [4.69, 9.17) is 20.9 Å². The van der Waals surface area contributed by atoms with E-state index in [1.54, 1.807) is 13.3 Å². The molecule has 144 valence electrons. The van der Waals surface area contributed by atoms with E-state index in [0.29, 0.717) is 24.4 Å². The van der Waals surface area contributed by atoms with Gasteiger partial charge in [-0.1, -0.05) is 23.7 Å². The molecule has 0 radical (unpaired) electrons. The topological polar surface area (TPSA) is 79.7 Å². The van der Waals surface area contributed by atoms with Gasteiger partial charge in [0, 0.05) is 30.3 Å². The fourth-order valence-corrected chi connectivity index (χ4v) is 5.48. The van der Waals surface area contributed by atoms with Gasteiger partial charge in [-0.2, -0.15) is 8.42 Å². The Bertz CT molecular complexity index is 956. The summed E-state index contributed by atoms with van der Waals surface area (Å²) in [5.74, 6) is 1.50. The highest BCUT2D eigenvalue weighted by atomic mass is 35.5. The van der Waals surface area contributed by atoms with Crippen LogP contribution in [-0.4, -0.2) is 37.4 Å². The number of hydrogen-bond donors (Lipinski definition) is 1. The zero-order valence-electron chi connectivity index (χ0n) is 14.9. The number of fused-ring (bicyclic) bond motifs is 2. The molecule has 0 bridgehead atoms. The number of aromatic nitrogens is 1. The van der Waals surface area contributed by atoms with Crippen LogP contribution in [0.25, 0.3) is 0 Å². The zero-order valence-corrected chi connectivity index (χ0v) is 16.5. The highest BCUT2D eigenvalue weighted by molar-refractivity contribution is 7.85. The van der Waals surface area contributed by atoms with E-state index in [2.05, 4.69) is 9.88 Å². The first kappa shape index (κ1) is 18.5. The third-order valence-electron chi connectivity index (χ3n) is 5.54. The maximum atomic E-state index is 11.2. The van der Waals surface area contributed by atoms with Crippen LogP contribution in [0.4, 0.5) is 5.82 Å². The quantitative estimate of drug-likeness (QED) is 0.764. The summed E-state index contributed by atoms with van der Waals surface area (Å²) in [5.41, 5.74) is 2.08. The minimum absolute atomic E-state index is 0.0345. The molecule has 0 amide bonds. The number of ether oxygens (including phenoxy) is 1. The Morgan fingerprint density at radius 2 is 2.04 bits per heavy atom. The fourth-order valence-electron chi connectivity index (χ4n) is 4.49. The number of methoxy groups -OCH3 is 1. The van der Waals surface area contributed by atoms with Crippen molar-refractivity contribution in [3.05, 3.63) is 52.7 Å². The summed E-state index contributed by atoms with van der Waals surface area (Å²) in [6.07, 6.45) is 3.07. The van der Waals surface area contributed by atoms with Crippen molar-refractivity contribution in [2.75, 3.05) is 24.3 Å². The van der Waals surface area contributed by atoms with E-state index in [1.807, 2.05) is 30.3 Å². The van der Waals surface area contributed by atoms with Crippen molar-refractivity contribution in [2.24, 2.45) is 5.92 Å². The van der Waals surface area contributed by atoms with E-state index < -0.39 is 10.1 Å². The predicted octanol–water partition coefficient (Wildman–Crippen LogP) is 3.30. The van der Waals surface area contributed by atoms with Crippen molar-refractivity contribution < 1.29 is 17.7 Å². The summed E-state index contributed by atoms with van der Waals surface area (Å²) in [4.78, 5) is 6.77. The van der Waals surface area contributed by atoms with Gasteiger partial charge in [-0.15, -0.1) is 0 Å². The molecular weight excluding hydrogens is 388 g/mol. The van der Waals surface area contributed by atoms with Crippen LogP contribution < -0.4 is 9.64 Å². The van der Waals surface area contributed by atoms with Crippen LogP contribution in [0.5, 0.6) is 5.75 Å². The average Bonchev–Trinajstić information content (AvgIpc) is 2.88. The van der Waals surface area contributed by atoms with E-state index in [1.165, 1.54) is 0 Å². The molecule has 1 N–H and O–H groups in total. The van der Waals surface area contributed by atoms with Gasteiger partial charge in [0.25, 0.3) is 10.1 Å². The molecule has 2 aromatic rings. The maximum absolute atomic E-state index is 11.2. The highest BCUT2D eigenvalue weighted by Gasteiger charge is 2.53. The summed E-state index contributed by atoms with van der Waals surface area (Å²) >= 11 is 6.19. The molecule has 1 saturated carbocycles. The Morgan fingerprint density at radius 1 is 1.33 bits per heavy atom. The second kappa shape index (κ2) is 6.65. The molecule has 6 nitrogen and oxygen atoms in total. The molecule has 1 aliphatic carbocycles. The summed E-state index contributed by atoms with van der Waals surface area (Å²) in [6.45, 7) is 1.47. The Balaban J connectivity index is 1.57. The molecule has 1 fully saturated rings. The summed E-state index contributed by atoms with van der Waals surface area (Å²) < 4.78 is 36.7. The molecule has 1 aromatic heterocycles. The van der Waals surface area contributed by atoms with Gasteiger partial charge in [0.05, 0.1) is 17.9 Å². The van der Waals surface area contributed by atoms with Gasteiger partial charge >= 0.3 is 0 Å². The summed E-state index contributed by atoms with van der Waals surface area (Å²) in [6, 6.07) is 9.87. The third-order valence-corrected chi connectivity index (χ3v) is 6.63. The molecule has 1 aliphatic heterocycles. The molecule has 27 heavy (non-hydrogen) atoms.